The fourth-order valence-electron chi connectivity index (χ4n) is 4.05. The predicted octanol–water partition coefficient (Wildman–Crippen LogP) is 4.12. The van der Waals surface area contributed by atoms with Crippen LogP contribution in [0.25, 0.3) is 10.9 Å². The zero-order valence-corrected chi connectivity index (χ0v) is 16.6. The molecule has 0 N–H and O–H groups in total. The first-order valence-corrected chi connectivity index (χ1v) is 10.6. The van der Waals surface area contributed by atoms with Crippen molar-refractivity contribution in [3.8, 4) is 0 Å². The van der Waals surface area contributed by atoms with E-state index in [2.05, 4.69) is 11.0 Å². The van der Waals surface area contributed by atoms with Gasteiger partial charge in [-0.2, -0.15) is 0 Å². The number of hydrogen-bond donors (Lipinski definition) is 0. The zero-order chi connectivity index (χ0) is 19.6. The van der Waals surface area contributed by atoms with Gasteiger partial charge in [0.05, 0.1) is 18.3 Å². The molecule has 1 saturated carbocycles. The molecule has 29 heavy (non-hydrogen) atoms. The van der Waals surface area contributed by atoms with Crippen LogP contribution in [0.4, 0.5) is 5.82 Å². The first-order chi connectivity index (χ1) is 14.3. The Morgan fingerprint density at radius 1 is 1.10 bits per heavy atom. The van der Waals surface area contributed by atoms with Crippen LogP contribution in [0.1, 0.15) is 49.6 Å². The minimum atomic E-state index is 0.229. The SMILES string of the molecule is O=C(CCN(Cc1ccco1)c1nc(C2CC2)nc2ccccc12)N1CCCC1. The van der Waals surface area contributed by atoms with Gasteiger partial charge in [0.25, 0.3) is 0 Å². The van der Waals surface area contributed by atoms with Crippen molar-refractivity contribution in [2.24, 2.45) is 0 Å². The standard InChI is InChI=1S/C23H26N4O2/c28-21(26-12-3-4-13-26)11-14-27(16-18-6-5-15-29-18)23-19-7-1-2-8-20(19)24-22(25-23)17-9-10-17/h1-2,5-8,15,17H,3-4,9-14,16H2. The maximum Gasteiger partial charge on any atom is 0.224 e. The number of aromatic nitrogens is 2. The minimum absolute atomic E-state index is 0.229. The minimum Gasteiger partial charge on any atom is -0.467 e. The summed E-state index contributed by atoms with van der Waals surface area (Å²) in [6.45, 7) is 2.98. The summed E-state index contributed by atoms with van der Waals surface area (Å²) in [7, 11) is 0. The summed E-state index contributed by atoms with van der Waals surface area (Å²) in [6, 6.07) is 12.0. The van der Waals surface area contributed by atoms with Crippen LogP contribution < -0.4 is 4.90 Å². The average Bonchev–Trinajstić information content (AvgIpc) is 3.22. The molecule has 1 amide bonds. The van der Waals surface area contributed by atoms with E-state index in [9.17, 15) is 4.79 Å². The smallest absolute Gasteiger partial charge is 0.224 e. The van der Waals surface area contributed by atoms with Crippen molar-refractivity contribution in [3.63, 3.8) is 0 Å². The second-order valence-corrected chi connectivity index (χ2v) is 8.04. The molecule has 1 aliphatic heterocycles. The summed E-state index contributed by atoms with van der Waals surface area (Å²) in [4.78, 5) is 26.6. The summed E-state index contributed by atoms with van der Waals surface area (Å²) in [5.74, 6) is 3.40. The predicted molar refractivity (Wildman–Crippen MR) is 112 cm³/mol. The number of para-hydroxylation sites is 1. The first-order valence-electron chi connectivity index (χ1n) is 10.6. The van der Waals surface area contributed by atoms with Gasteiger partial charge in [-0.15, -0.1) is 0 Å². The number of furan rings is 1. The number of amides is 1. The second kappa shape index (κ2) is 7.85. The number of nitrogens with zero attached hydrogens (tertiary/aromatic N) is 4. The van der Waals surface area contributed by atoms with E-state index in [1.807, 2.05) is 35.2 Å². The summed E-state index contributed by atoms with van der Waals surface area (Å²) in [5.41, 5.74) is 0.967. The molecule has 0 atom stereocenters. The Labute approximate surface area is 170 Å². The zero-order valence-electron chi connectivity index (χ0n) is 16.6. The topological polar surface area (TPSA) is 62.5 Å². The number of benzene rings is 1. The second-order valence-electron chi connectivity index (χ2n) is 8.04. The fraction of sp³-hybridized carbons (Fsp3) is 0.435. The molecule has 2 fully saturated rings. The molecular formula is C23H26N4O2. The monoisotopic (exact) mass is 390 g/mol. The van der Waals surface area contributed by atoms with E-state index >= 15 is 0 Å². The highest BCUT2D eigenvalue weighted by Crippen LogP contribution is 2.40. The average molecular weight is 390 g/mol. The lowest BCUT2D eigenvalue weighted by Gasteiger charge is -2.25. The van der Waals surface area contributed by atoms with Gasteiger partial charge in [0, 0.05) is 37.4 Å². The Kier molecular flexibility index (Phi) is 4.92. The third-order valence-corrected chi connectivity index (χ3v) is 5.82. The van der Waals surface area contributed by atoms with Gasteiger partial charge in [0.15, 0.2) is 0 Å². The molecular weight excluding hydrogens is 364 g/mol. The van der Waals surface area contributed by atoms with E-state index in [-0.39, 0.29) is 5.91 Å². The largest absolute Gasteiger partial charge is 0.467 e. The number of carbonyl (C=O) groups is 1. The van der Waals surface area contributed by atoms with Gasteiger partial charge in [-0.05, 0) is 49.9 Å². The Hall–Kier alpha value is -2.89. The van der Waals surface area contributed by atoms with Gasteiger partial charge >= 0.3 is 0 Å². The van der Waals surface area contributed by atoms with Crippen LogP contribution in [0.15, 0.2) is 47.1 Å². The van der Waals surface area contributed by atoms with Gasteiger partial charge in [0.1, 0.15) is 17.4 Å². The molecule has 1 aromatic carbocycles. The molecule has 150 valence electrons. The van der Waals surface area contributed by atoms with Crippen molar-refractivity contribution < 1.29 is 9.21 Å². The van der Waals surface area contributed by atoms with E-state index in [0.717, 1.165) is 67.1 Å². The van der Waals surface area contributed by atoms with Crippen LogP contribution in [-0.2, 0) is 11.3 Å². The van der Waals surface area contributed by atoms with Crippen molar-refractivity contribution in [2.45, 2.75) is 44.6 Å². The molecule has 6 heteroatoms. The highest BCUT2D eigenvalue weighted by molar-refractivity contribution is 5.89. The van der Waals surface area contributed by atoms with E-state index < -0.39 is 0 Å². The summed E-state index contributed by atoms with van der Waals surface area (Å²) < 4.78 is 5.61. The third-order valence-electron chi connectivity index (χ3n) is 5.82. The molecule has 0 radical (unpaired) electrons. The van der Waals surface area contributed by atoms with Crippen molar-refractivity contribution >= 4 is 22.6 Å². The van der Waals surface area contributed by atoms with Crippen molar-refractivity contribution in [1.82, 2.24) is 14.9 Å². The Morgan fingerprint density at radius 2 is 1.93 bits per heavy atom. The van der Waals surface area contributed by atoms with Gasteiger partial charge in [-0.25, -0.2) is 9.97 Å². The van der Waals surface area contributed by atoms with Crippen molar-refractivity contribution in [2.75, 3.05) is 24.5 Å². The molecule has 3 aromatic rings. The van der Waals surface area contributed by atoms with Crippen molar-refractivity contribution in [1.29, 1.82) is 0 Å². The van der Waals surface area contributed by atoms with Gasteiger partial charge in [-0.3, -0.25) is 4.79 Å². The number of fused-ring (bicyclic) bond motifs is 1. The molecule has 2 aromatic heterocycles. The van der Waals surface area contributed by atoms with Crippen LogP contribution in [-0.4, -0.2) is 40.4 Å². The van der Waals surface area contributed by atoms with Gasteiger partial charge in [-0.1, -0.05) is 12.1 Å². The van der Waals surface area contributed by atoms with E-state index in [4.69, 9.17) is 14.4 Å². The maximum absolute atomic E-state index is 12.7. The number of hydrogen-bond acceptors (Lipinski definition) is 5. The molecule has 0 bridgehead atoms. The molecule has 2 aliphatic rings. The molecule has 0 unspecified atom stereocenters. The molecule has 1 aliphatic carbocycles. The highest BCUT2D eigenvalue weighted by Gasteiger charge is 2.29. The lowest BCUT2D eigenvalue weighted by molar-refractivity contribution is -0.129. The van der Waals surface area contributed by atoms with Gasteiger partial charge in [0.2, 0.25) is 5.91 Å². The lowest BCUT2D eigenvalue weighted by Crippen LogP contribution is -2.33. The van der Waals surface area contributed by atoms with Crippen LogP contribution in [0.3, 0.4) is 0 Å². The first kappa shape index (κ1) is 18.2. The lowest BCUT2D eigenvalue weighted by atomic mass is 10.2. The molecule has 6 nitrogen and oxygen atoms in total. The van der Waals surface area contributed by atoms with E-state index in [1.54, 1.807) is 6.26 Å². The highest BCUT2D eigenvalue weighted by atomic mass is 16.3. The molecule has 0 spiro atoms. The summed E-state index contributed by atoms with van der Waals surface area (Å²) in [6.07, 6.45) is 6.72. The number of rotatable bonds is 7. The van der Waals surface area contributed by atoms with E-state index in [0.29, 0.717) is 25.4 Å². The van der Waals surface area contributed by atoms with Crippen LogP contribution in [0.2, 0.25) is 0 Å². The van der Waals surface area contributed by atoms with E-state index in [1.165, 1.54) is 0 Å². The molecule has 5 rings (SSSR count). The quantitative estimate of drug-likeness (QED) is 0.607. The number of carbonyl (C=O) groups excluding carboxylic acids is 1. The van der Waals surface area contributed by atoms with Gasteiger partial charge < -0.3 is 14.2 Å². The molecule has 1 saturated heterocycles. The van der Waals surface area contributed by atoms with Crippen LogP contribution in [0, 0.1) is 0 Å². The third kappa shape index (κ3) is 3.97. The Morgan fingerprint density at radius 3 is 2.69 bits per heavy atom. The normalized spacial score (nSPS) is 16.5. The number of likely N-dealkylation sites (tertiary alicyclic amines) is 1. The van der Waals surface area contributed by atoms with Crippen LogP contribution >= 0.6 is 0 Å². The fourth-order valence-corrected chi connectivity index (χ4v) is 4.05. The van der Waals surface area contributed by atoms with Crippen molar-refractivity contribution in [3.05, 3.63) is 54.2 Å². The Bertz CT molecular complexity index is 991. The summed E-state index contributed by atoms with van der Waals surface area (Å²) in [5, 5.41) is 1.03. The maximum atomic E-state index is 12.7. The Balaban J connectivity index is 1.47. The summed E-state index contributed by atoms with van der Waals surface area (Å²) >= 11 is 0. The van der Waals surface area contributed by atoms with Crippen LogP contribution in [0.5, 0.6) is 0 Å². The molecule has 3 heterocycles. The number of anilines is 1.